The molecule has 2 aromatic rings. The Kier molecular flexibility index (Phi) is 10.0. The van der Waals surface area contributed by atoms with Crippen molar-refractivity contribution in [1.29, 1.82) is 0 Å². The fourth-order valence-corrected chi connectivity index (χ4v) is 2.38. The van der Waals surface area contributed by atoms with E-state index < -0.39 is 0 Å². The van der Waals surface area contributed by atoms with Gasteiger partial charge in [0, 0.05) is 11.1 Å². The van der Waals surface area contributed by atoms with Crippen molar-refractivity contribution < 1.29 is 9.59 Å². The van der Waals surface area contributed by atoms with E-state index in [1.165, 1.54) is 12.2 Å². The maximum Gasteiger partial charge on any atom is 0.142 e. The minimum Gasteiger partial charge on any atom is -0.299 e. The lowest BCUT2D eigenvalue weighted by atomic mass is 10.1. The summed E-state index contributed by atoms with van der Waals surface area (Å²) in [5.41, 5.74) is 3.69. The summed E-state index contributed by atoms with van der Waals surface area (Å²) in [7, 11) is 0. The van der Waals surface area contributed by atoms with Crippen LogP contribution in [0.3, 0.4) is 0 Å². The zero-order valence-corrected chi connectivity index (χ0v) is 16.4. The summed E-state index contributed by atoms with van der Waals surface area (Å²) in [5.74, 6) is 12.0. The topological polar surface area (TPSA) is 34.1 Å². The molecule has 144 valence electrons. The number of carbonyl (C=O) groups is 2. The predicted molar refractivity (Wildman–Crippen MR) is 124 cm³/mol. The van der Waals surface area contributed by atoms with Crippen molar-refractivity contribution in [3.63, 3.8) is 0 Å². The van der Waals surface area contributed by atoms with Crippen LogP contribution in [0, 0.1) is 23.7 Å². The summed E-state index contributed by atoms with van der Waals surface area (Å²) in [4.78, 5) is 20.6. The van der Waals surface area contributed by atoms with E-state index in [0.29, 0.717) is 0 Å². The van der Waals surface area contributed by atoms with Crippen molar-refractivity contribution in [3.05, 3.63) is 119 Å². The predicted octanol–water partition coefficient (Wildman–Crippen LogP) is 5.18. The lowest BCUT2D eigenvalue weighted by Crippen LogP contribution is -1.81. The molecule has 0 aliphatic carbocycles. The Hall–Kier alpha value is -4.40. The number of hydrogen-bond acceptors (Lipinski definition) is 2. The second-order valence-electron chi connectivity index (χ2n) is 5.82. The van der Waals surface area contributed by atoms with Crippen LogP contribution < -0.4 is 0 Å². The van der Waals surface area contributed by atoms with Crippen LogP contribution in [0.25, 0.3) is 12.2 Å². The molecule has 2 aromatic carbocycles. The lowest BCUT2D eigenvalue weighted by Gasteiger charge is -1.97. The smallest absolute Gasteiger partial charge is 0.142 e. The fourth-order valence-electron chi connectivity index (χ4n) is 2.38. The number of benzene rings is 2. The molecule has 0 fully saturated rings. The molecule has 0 unspecified atom stereocenters. The van der Waals surface area contributed by atoms with E-state index in [0.717, 1.165) is 34.8 Å². The van der Waals surface area contributed by atoms with Crippen molar-refractivity contribution in [2.24, 2.45) is 0 Å². The van der Waals surface area contributed by atoms with Crippen LogP contribution in [0.15, 0.2) is 97.1 Å². The monoisotopic (exact) mass is 388 g/mol. The molecule has 0 radical (unpaired) electrons. The Morgan fingerprint density at radius 2 is 0.900 bits per heavy atom. The molecular weight excluding hydrogens is 368 g/mol. The molecular formula is C28H20O2. The number of aldehydes is 2. The van der Waals surface area contributed by atoms with Crippen molar-refractivity contribution in [2.45, 2.75) is 0 Å². The highest BCUT2D eigenvalue weighted by Gasteiger charge is 1.94. The van der Waals surface area contributed by atoms with Crippen molar-refractivity contribution in [2.75, 3.05) is 0 Å². The summed E-state index contributed by atoms with van der Waals surface area (Å²) in [5, 5.41) is 0. The molecule has 0 bridgehead atoms. The quantitative estimate of drug-likeness (QED) is 0.283. The van der Waals surface area contributed by atoms with E-state index in [2.05, 4.69) is 23.7 Å². The first-order chi connectivity index (χ1) is 14.8. The fraction of sp³-hybridized carbons (Fsp3) is 0. The SMILES string of the molecule is O=C/C=C/C=C/C=C/c1ccccc1C#CC#Cc1ccccc1/C=C/C=C/C=O. The number of hydrogen-bond donors (Lipinski definition) is 0. The Labute approximate surface area is 177 Å². The van der Waals surface area contributed by atoms with Crippen molar-refractivity contribution >= 4 is 24.7 Å². The maximum absolute atomic E-state index is 10.3. The molecule has 2 nitrogen and oxygen atoms in total. The summed E-state index contributed by atoms with van der Waals surface area (Å²) in [6.07, 6.45) is 18.8. The third-order valence-corrected chi connectivity index (χ3v) is 3.75. The van der Waals surface area contributed by atoms with Crippen LogP contribution in [-0.2, 0) is 9.59 Å². The van der Waals surface area contributed by atoms with Gasteiger partial charge in [-0.3, -0.25) is 9.59 Å². The van der Waals surface area contributed by atoms with Gasteiger partial charge < -0.3 is 0 Å². The van der Waals surface area contributed by atoms with Crippen LogP contribution in [0.4, 0.5) is 0 Å². The van der Waals surface area contributed by atoms with Crippen LogP contribution in [0.1, 0.15) is 22.3 Å². The molecule has 30 heavy (non-hydrogen) atoms. The third-order valence-electron chi connectivity index (χ3n) is 3.75. The summed E-state index contributed by atoms with van der Waals surface area (Å²) in [6.45, 7) is 0. The number of carbonyl (C=O) groups excluding carboxylic acids is 2. The van der Waals surface area contributed by atoms with E-state index >= 15 is 0 Å². The molecule has 0 amide bonds. The van der Waals surface area contributed by atoms with E-state index in [1.807, 2.05) is 72.8 Å². The lowest BCUT2D eigenvalue weighted by molar-refractivity contribution is -0.104. The Morgan fingerprint density at radius 1 is 0.500 bits per heavy atom. The van der Waals surface area contributed by atoms with Gasteiger partial charge in [-0.1, -0.05) is 96.8 Å². The zero-order chi connectivity index (χ0) is 21.3. The first-order valence-electron chi connectivity index (χ1n) is 9.29. The van der Waals surface area contributed by atoms with Gasteiger partial charge in [0.2, 0.25) is 0 Å². The number of rotatable bonds is 7. The molecule has 2 rings (SSSR count). The summed E-state index contributed by atoms with van der Waals surface area (Å²) in [6, 6.07) is 15.6. The Bertz CT molecular complexity index is 1130. The van der Waals surface area contributed by atoms with Crippen LogP contribution in [-0.4, -0.2) is 12.6 Å². The molecule has 0 atom stereocenters. The van der Waals surface area contributed by atoms with Crippen LogP contribution in [0.5, 0.6) is 0 Å². The largest absolute Gasteiger partial charge is 0.299 e. The van der Waals surface area contributed by atoms with Gasteiger partial charge in [0.25, 0.3) is 0 Å². The number of allylic oxidation sites excluding steroid dienone is 8. The zero-order valence-electron chi connectivity index (χ0n) is 16.4. The molecule has 0 aromatic heterocycles. The Morgan fingerprint density at radius 3 is 1.40 bits per heavy atom. The van der Waals surface area contributed by atoms with Gasteiger partial charge in [0.15, 0.2) is 0 Å². The molecule has 0 heterocycles. The first-order valence-corrected chi connectivity index (χ1v) is 9.29. The molecule has 0 aliphatic heterocycles. The van der Waals surface area contributed by atoms with Gasteiger partial charge in [0.05, 0.1) is 0 Å². The highest BCUT2D eigenvalue weighted by molar-refractivity contribution is 5.67. The second kappa shape index (κ2) is 13.7. The molecule has 0 N–H and O–H groups in total. The highest BCUT2D eigenvalue weighted by Crippen LogP contribution is 2.10. The first kappa shape index (κ1) is 21.9. The third kappa shape index (κ3) is 8.09. The average Bonchev–Trinajstić information content (AvgIpc) is 2.78. The maximum atomic E-state index is 10.3. The van der Waals surface area contributed by atoms with Crippen LogP contribution in [0.2, 0.25) is 0 Å². The standard InChI is InChI=1S/C28H20O2/c29-23-13-3-1-2-5-15-25-17-7-9-19-27(25)20-11-12-22-28-21-10-8-18-26(28)16-6-4-14-24-30/h1-10,13-19,21,23-24H/b2-1+,13-3+,14-4+,15-5+,16-6+. The minimum atomic E-state index is 0.736. The van der Waals surface area contributed by atoms with E-state index in [9.17, 15) is 9.59 Å². The van der Waals surface area contributed by atoms with Crippen molar-refractivity contribution in [3.8, 4) is 23.7 Å². The van der Waals surface area contributed by atoms with Gasteiger partial charge in [-0.15, -0.1) is 0 Å². The molecule has 0 aliphatic rings. The van der Waals surface area contributed by atoms with Crippen molar-refractivity contribution in [1.82, 2.24) is 0 Å². The van der Waals surface area contributed by atoms with Gasteiger partial charge >= 0.3 is 0 Å². The second-order valence-corrected chi connectivity index (χ2v) is 5.82. The summed E-state index contributed by atoms with van der Waals surface area (Å²) < 4.78 is 0. The van der Waals surface area contributed by atoms with Gasteiger partial charge in [-0.05, 0) is 47.3 Å². The van der Waals surface area contributed by atoms with Gasteiger partial charge in [-0.2, -0.15) is 0 Å². The van der Waals surface area contributed by atoms with Gasteiger partial charge in [-0.25, -0.2) is 0 Å². The molecule has 2 heteroatoms. The van der Waals surface area contributed by atoms with E-state index in [4.69, 9.17) is 0 Å². The van der Waals surface area contributed by atoms with Gasteiger partial charge in [0.1, 0.15) is 12.6 Å². The van der Waals surface area contributed by atoms with E-state index in [-0.39, 0.29) is 0 Å². The molecule has 0 saturated carbocycles. The normalized spacial score (nSPS) is 11.1. The minimum absolute atomic E-state index is 0.736. The van der Waals surface area contributed by atoms with E-state index in [1.54, 1.807) is 24.3 Å². The molecule has 0 spiro atoms. The average molecular weight is 388 g/mol. The molecule has 0 saturated heterocycles. The highest BCUT2D eigenvalue weighted by atomic mass is 16.1. The summed E-state index contributed by atoms with van der Waals surface area (Å²) >= 11 is 0. The van der Waals surface area contributed by atoms with Crippen LogP contribution >= 0.6 is 0 Å². The Balaban J connectivity index is 2.16.